The van der Waals surface area contributed by atoms with Crippen LogP contribution in [0.2, 0.25) is 0 Å². The molecule has 0 radical (unpaired) electrons. The van der Waals surface area contributed by atoms with E-state index in [-0.39, 0.29) is 4.90 Å². The zero-order chi connectivity index (χ0) is 12.8. The molecule has 0 spiro atoms. The summed E-state index contributed by atoms with van der Waals surface area (Å²) >= 11 is 1.46. The van der Waals surface area contributed by atoms with Gasteiger partial charge < -0.3 is 4.74 Å². The third-order valence-electron chi connectivity index (χ3n) is 2.49. The van der Waals surface area contributed by atoms with Crippen molar-refractivity contribution < 1.29 is 13.2 Å². The van der Waals surface area contributed by atoms with E-state index >= 15 is 0 Å². The zero-order valence-corrected chi connectivity index (χ0v) is 11.3. The molecule has 2 aromatic carbocycles. The van der Waals surface area contributed by atoms with Gasteiger partial charge in [-0.15, -0.1) is 0 Å². The van der Waals surface area contributed by atoms with Crippen molar-refractivity contribution in [1.82, 2.24) is 0 Å². The third kappa shape index (κ3) is 2.09. The molecule has 0 unspecified atom stereocenters. The summed E-state index contributed by atoms with van der Waals surface area (Å²) in [5, 5.41) is 0. The highest BCUT2D eigenvalue weighted by Crippen LogP contribution is 2.47. The topological polar surface area (TPSA) is 43.4 Å². The minimum Gasteiger partial charge on any atom is -0.455 e. The van der Waals surface area contributed by atoms with E-state index < -0.39 is 9.05 Å². The van der Waals surface area contributed by atoms with Gasteiger partial charge in [-0.05, 0) is 30.3 Å². The minimum atomic E-state index is -3.71. The predicted octanol–water partition coefficient (Wildman–Crippen LogP) is 3.87. The molecule has 3 nitrogen and oxygen atoms in total. The Bertz CT molecular complexity index is 726. The lowest BCUT2D eigenvalue weighted by atomic mass is 10.3. The lowest BCUT2D eigenvalue weighted by molar-refractivity contribution is 0.454. The smallest absolute Gasteiger partial charge is 0.261 e. The van der Waals surface area contributed by atoms with E-state index in [0.29, 0.717) is 5.75 Å². The molecule has 0 fully saturated rings. The number of rotatable bonds is 1. The average molecular weight is 299 g/mol. The molecule has 0 atom stereocenters. The Balaban J connectivity index is 2.09. The summed E-state index contributed by atoms with van der Waals surface area (Å²) in [4.78, 5) is 1.78. The van der Waals surface area contributed by atoms with E-state index in [9.17, 15) is 8.42 Å². The standard InChI is InChI=1S/C12H7ClO3S2/c13-18(14,15)8-5-6-10-12(7-8)17-11-4-2-1-3-9(11)16-10/h1-7H. The van der Waals surface area contributed by atoms with E-state index in [4.69, 9.17) is 15.4 Å². The maximum atomic E-state index is 11.3. The van der Waals surface area contributed by atoms with Crippen LogP contribution in [0.25, 0.3) is 0 Å². The Morgan fingerprint density at radius 3 is 2.50 bits per heavy atom. The van der Waals surface area contributed by atoms with Crippen LogP contribution in [0.4, 0.5) is 0 Å². The molecule has 2 aromatic rings. The molecule has 0 saturated carbocycles. The summed E-state index contributed by atoms with van der Waals surface area (Å²) in [6, 6.07) is 12.2. The number of para-hydroxylation sites is 1. The zero-order valence-electron chi connectivity index (χ0n) is 8.96. The van der Waals surface area contributed by atoms with Gasteiger partial charge in [0.15, 0.2) is 0 Å². The Hall–Kier alpha value is -1.17. The van der Waals surface area contributed by atoms with E-state index in [2.05, 4.69) is 0 Å². The van der Waals surface area contributed by atoms with E-state index in [1.807, 2.05) is 24.3 Å². The summed E-state index contributed by atoms with van der Waals surface area (Å²) in [6.07, 6.45) is 0. The van der Waals surface area contributed by atoms with Crippen molar-refractivity contribution in [1.29, 1.82) is 0 Å². The van der Waals surface area contributed by atoms with Gasteiger partial charge in [0.2, 0.25) is 0 Å². The summed E-state index contributed by atoms with van der Waals surface area (Å²) in [6.45, 7) is 0. The molecule has 1 heterocycles. The van der Waals surface area contributed by atoms with Crippen molar-refractivity contribution in [3.8, 4) is 11.5 Å². The van der Waals surface area contributed by atoms with Gasteiger partial charge in [0.05, 0.1) is 14.7 Å². The van der Waals surface area contributed by atoms with Crippen molar-refractivity contribution in [2.75, 3.05) is 0 Å². The highest BCUT2D eigenvalue weighted by atomic mass is 35.7. The molecular formula is C12H7ClO3S2. The monoisotopic (exact) mass is 298 g/mol. The fourth-order valence-electron chi connectivity index (χ4n) is 1.66. The van der Waals surface area contributed by atoms with Crippen molar-refractivity contribution in [2.24, 2.45) is 0 Å². The van der Waals surface area contributed by atoms with Crippen molar-refractivity contribution in [3.63, 3.8) is 0 Å². The SMILES string of the molecule is O=S(=O)(Cl)c1ccc2c(c1)Sc1ccccc1O2. The van der Waals surface area contributed by atoms with E-state index in [0.717, 1.165) is 15.5 Å². The predicted molar refractivity (Wildman–Crippen MR) is 70.1 cm³/mol. The number of fused-ring (bicyclic) bond motifs is 2. The lowest BCUT2D eigenvalue weighted by Crippen LogP contribution is -1.97. The van der Waals surface area contributed by atoms with Gasteiger partial charge >= 0.3 is 0 Å². The molecule has 1 aliphatic heterocycles. The quantitative estimate of drug-likeness (QED) is 0.640. The summed E-state index contributed by atoms with van der Waals surface area (Å²) < 4.78 is 28.2. The number of ether oxygens (including phenoxy) is 1. The second kappa shape index (κ2) is 4.19. The molecule has 1 aliphatic rings. The van der Waals surface area contributed by atoms with Gasteiger partial charge in [0.25, 0.3) is 9.05 Å². The van der Waals surface area contributed by atoms with Gasteiger partial charge in [0.1, 0.15) is 11.5 Å². The fraction of sp³-hybridized carbons (Fsp3) is 0. The average Bonchev–Trinajstić information content (AvgIpc) is 2.34. The highest BCUT2D eigenvalue weighted by molar-refractivity contribution is 8.13. The Kier molecular flexibility index (Phi) is 2.77. The van der Waals surface area contributed by atoms with Crippen LogP contribution in [0.15, 0.2) is 57.2 Å². The normalized spacial score (nSPS) is 13.4. The van der Waals surface area contributed by atoms with Crippen molar-refractivity contribution in [3.05, 3.63) is 42.5 Å². The van der Waals surface area contributed by atoms with Crippen LogP contribution in [-0.4, -0.2) is 8.42 Å². The van der Waals surface area contributed by atoms with Gasteiger partial charge in [-0.3, -0.25) is 0 Å². The molecule has 6 heteroatoms. The number of halogens is 1. The maximum Gasteiger partial charge on any atom is 0.261 e. The number of hydrogen-bond donors (Lipinski definition) is 0. The summed E-state index contributed by atoms with van der Waals surface area (Å²) in [7, 11) is 1.61. The summed E-state index contributed by atoms with van der Waals surface area (Å²) in [5.41, 5.74) is 0. The van der Waals surface area contributed by atoms with Crippen molar-refractivity contribution >= 4 is 31.5 Å². The van der Waals surface area contributed by atoms with Gasteiger partial charge in [-0.2, -0.15) is 0 Å². The van der Waals surface area contributed by atoms with Crippen molar-refractivity contribution in [2.45, 2.75) is 14.7 Å². The van der Waals surface area contributed by atoms with Crippen LogP contribution in [0.5, 0.6) is 11.5 Å². The lowest BCUT2D eigenvalue weighted by Gasteiger charge is -2.19. The first-order valence-corrected chi connectivity index (χ1v) is 8.20. The van der Waals surface area contributed by atoms with Crippen LogP contribution in [0.3, 0.4) is 0 Å². The first-order chi connectivity index (χ1) is 8.54. The second-order valence-corrected chi connectivity index (χ2v) is 7.35. The minimum absolute atomic E-state index is 0.0818. The van der Waals surface area contributed by atoms with Crippen LogP contribution in [0, 0.1) is 0 Å². The molecule has 92 valence electrons. The molecule has 0 N–H and O–H groups in total. The van der Waals surface area contributed by atoms with E-state index in [1.165, 1.54) is 23.9 Å². The second-order valence-electron chi connectivity index (χ2n) is 3.70. The Morgan fingerprint density at radius 2 is 1.72 bits per heavy atom. The maximum absolute atomic E-state index is 11.3. The molecule has 0 saturated heterocycles. The first kappa shape index (κ1) is 11.9. The molecule has 3 rings (SSSR count). The summed E-state index contributed by atoms with van der Waals surface area (Å²) in [5.74, 6) is 1.42. The molecular weight excluding hydrogens is 292 g/mol. The number of benzene rings is 2. The third-order valence-corrected chi connectivity index (χ3v) is 4.93. The molecule has 0 bridgehead atoms. The van der Waals surface area contributed by atoms with Gasteiger partial charge in [-0.25, -0.2) is 8.42 Å². The molecule has 0 aromatic heterocycles. The van der Waals surface area contributed by atoms with Crippen LogP contribution in [0.1, 0.15) is 0 Å². The van der Waals surface area contributed by atoms with Gasteiger partial charge in [0, 0.05) is 10.7 Å². The molecule has 18 heavy (non-hydrogen) atoms. The first-order valence-electron chi connectivity index (χ1n) is 5.07. The highest BCUT2D eigenvalue weighted by Gasteiger charge is 2.20. The largest absolute Gasteiger partial charge is 0.455 e. The van der Waals surface area contributed by atoms with Crippen LogP contribution in [-0.2, 0) is 9.05 Å². The molecule has 0 amide bonds. The fourth-order valence-corrected chi connectivity index (χ4v) is 3.50. The van der Waals surface area contributed by atoms with E-state index in [1.54, 1.807) is 6.07 Å². The van der Waals surface area contributed by atoms with Crippen LogP contribution < -0.4 is 4.74 Å². The molecule has 0 aliphatic carbocycles. The Labute approximate surface area is 113 Å². The Morgan fingerprint density at radius 1 is 1.00 bits per heavy atom. The van der Waals surface area contributed by atoms with Gasteiger partial charge in [-0.1, -0.05) is 23.9 Å². The number of hydrogen-bond acceptors (Lipinski definition) is 4. The van der Waals surface area contributed by atoms with Crippen LogP contribution >= 0.6 is 22.4 Å².